The molecule has 3 amide bonds. The van der Waals surface area contributed by atoms with Crippen LogP contribution in [0.1, 0.15) is 79.2 Å². The fraction of sp³-hybridized carbons (Fsp3) is 0.643. The minimum atomic E-state index is -1.14. The summed E-state index contributed by atoms with van der Waals surface area (Å²) in [5, 5.41) is 17.6. The van der Waals surface area contributed by atoms with Crippen LogP contribution in [0, 0.1) is 5.92 Å². The summed E-state index contributed by atoms with van der Waals surface area (Å²) in [5.74, 6) is -1.48. The summed E-state index contributed by atoms with van der Waals surface area (Å²) in [5.41, 5.74) is 0.0793. The zero-order valence-corrected chi connectivity index (χ0v) is 23.5. The first-order valence-electron chi connectivity index (χ1n) is 13.2. The Morgan fingerprint density at radius 2 is 1.55 bits per heavy atom. The maximum Gasteiger partial charge on any atom is 0.408 e. The minimum absolute atomic E-state index is 0.00539. The number of carbonyl (C=O) groups is 4. The van der Waals surface area contributed by atoms with Gasteiger partial charge in [-0.25, -0.2) is 4.79 Å². The molecule has 1 rings (SSSR count). The summed E-state index contributed by atoms with van der Waals surface area (Å²) >= 11 is 0. The number of hydrogen-bond acceptors (Lipinski definition) is 7. The Hall–Kier alpha value is -3.14. The standard InChI is InChI=1S/C28H45N3O7/c1-7-11-21(17-32)29-26(35)23(16-19(2)3)30-25(34)22(14-15-24(33)38-28(4,5)6)31-27(36)37-18-20-12-9-8-10-13-20/h8-10,12-13,19,21-23,32H,7,11,14-18H2,1-6H3,(H,29,35)(H,30,34)(H,31,36)/t21-,22-,23-/m0/s1. The zero-order valence-electron chi connectivity index (χ0n) is 23.5. The van der Waals surface area contributed by atoms with Crippen LogP contribution in [0.5, 0.6) is 0 Å². The Morgan fingerprint density at radius 3 is 2.11 bits per heavy atom. The van der Waals surface area contributed by atoms with Crippen molar-refractivity contribution >= 4 is 23.9 Å². The van der Waals surface area contributed by atoms with Crippen LogP contribution >= 0.6 is 0 Å². The number of benzene rings is 1. The molecule has 10 heteroatoms. The van der Waals surface area contributed by atoms with Gasteiger partial charge in [0.05, 0.1) is 12.6 Å². The second-order valence-electron chi connectivity index (χ2n) is 10.8. The molecule has 0 aromatic heterocycles. The number of aliphatic hydroxyl groups excluding tert-OH is 1. The van der Waals surface area contributed by atoms with Gasteiger partial charge in [0.15, 0.2) is 0 Å². The van der Waals surface area contributed by atoms with E-state index < -0.39 is 47.6 Å². The van der Waals surface area contributed by atoms with Gasteiger partial charge in [-0.05, 0) is 51.5 Å². The third-order valence-corrected chi connectivity index (χ3v) is 5.42. The quantitative estimate of drug-likeness (QED) is 0.253. The predicted molar refractivity (Wildman–Crippen MR) is 144 cm³/mol. The first-order valence-corrected chi connectivity index (χ1v) is 13.2. The molecule has 0 fully saturated rings. The molecule has 3 atom stereocenters. The lowest BCUT2D eigenvalue weighted by molar-refractivity contribution is -0.155. The summed E-state index contributed by atoms with van der Waals surface area (Å²) in [6.07, 6.45) is 0.710. The van der Waals surface area contributed by atoms with E-state index in [4.69, 9.17) is 9.47 Å². The van der Waals surface area contributed by atoms with Crippen molar-refractivity contribution in [2.75, 3.05) is 6.61 Å². The summed E-state index contributed by atoms with van der Waals surface area (Å²) in [7, 11) is 0. The van der Waals surface area contributed by atoms with Gasteiger partial charge in [-0.3, -0.25) is 14.4 Å². The average Bonchev–Trinajstić information content (AvgIpc) is 2.83. The third-order valence-electron chi connectivity index (χ3n) is 5.42. The lowest BCUT2D eigenvalue weighted by Crippen LogP contribution is -2.55. The number of carbonyl (C=O) groups excluding carboxylic acids is 4. The topological polar surface area (TPSA) is 143 Å². The Labute approximate surface area is 226 Å². The first-order chi connectivity index (χ1) is 17.8. The van der Waals surface area contributed by atoms with Crippen LogP contribution in [-0.4, -0.2) is 59.3 Å². The highest BCUT2D eigenvalue weighted by Gasteiger charge is 2.29. The van der Waals surface area contributed by atoms with E-state index in [1.807, 2.05) is 39.0 Å². The highest BCUT2D eigenvalue weighted by Crippen LogP contribution is 2.12. The molecule has 0 saturated carbocycles. The molecule has 0 aliphatic carbocycles. The molecule has 1 aromatic carbocycles. The largest absolute Gasteiger partial charge is 0.460 e. The molecule has 0 spiro atoms. The molecule has 0 unspecified atom stereocenters. The average molecular weight is 536 g/mol. The second-order valence-corrected chi connectivity index (χ2v) is 10.8. The molecule has 4 N–H and O–H groups in total. The van der Waals surface area contributed by atoms with Gasteiger partial charge in [0.2, 0.25) is 11.8 Å². The zero-order chi connectivity index (χ0) is 28.7. The maximum absolute atomic E-state index is 13.3. The van der Waals surface area contributed by atoms with Crippen LogP contribution < -0.4 is 16.0 Å². The van der Waals surface area contributed by atoms with Crippen molar-refractivity contribution in [3.63, 3.8) is 0 Å². The van der Waals surface area contributed by atoms with Gasteiger partial charge >= 0.3 is 12.1 Å². The molecular weight excluding hydrogens is 490 g/mol. The highest BCUT2D eigenvalue weighted by molar-refractivity contribution is 5.91. The fourth-order valence-corrected chi connectivity index (χ4v) is 3.67. The van der Waals surface area contributed by atoms with Crippen LogP contribution in [0.2, 0.25) is 0 Å². The van der Waals surface area contributed by atoms with Crippen molar-refractivity contribution in [3.05, 3.63) is 35.9 Å². The molecule has 0 heterocycles. The van der Waals surface area contributed by atoms with E-state index in [2.05, 4.69) is 16.0 Å². The van der Waals surface area contributed by atoms with Crippen LogP contribution in [0.4, 0.5) is 4.79 Å². The molecule has 0 saturated heterocycles. The van der Waals surface area contributed by atoms with Crippen molar-refractivity contribution < 1.29 is 33.8 Å². The van der Waals surface area contributed by atoms with Crippen molar-refractivity contribution in [1.29, 1.82) is 0 Å². The van der Waals surface area contributed by atoms with Crippen molar-refractivity contribution in [2.45, 2.75) is 104 Å². The Kier molecular flexibility index (Phi) is 14.4. The summed E-state index contributed by atoms with van der Waals surface area (Å²) in [6, 6.07) is 6.62. The van der Waals surface area contributed by atoms with Gasteiger partial charge in [0.25, 0.3) is 0 Å². The number of rotatable bonds is 15. The van der Waals surface area contributed by atoms with Crippen LogP contribution in [0.3, 0.4) is 0 Å². The molecule has 0 radical (unpaired) electrons. The van der Waals surface area contributed by atoms with Gasteiger partial charge < -0.3 is 30.5 Å². The van der Waals surface area contributed by atoms with Crippen LogP contribution in [0.15, 0.2) is 30.3 Å². The normalized spacial score (nSPS) is 13.7. The number of esters is 1. The Bertz CT molecular complexity index is 884. The molecule has 0 aliphatic heterocycles. The fourth-order valence-electron chi connectivity index (χ4n) is 3.67. The van der Waals surface area contributed by atoms with E-state index in [0.29, 0.717) is 12.8 Å². The van der Waals surface area contributed by atoms with E-state index in [0.717, 1.165) is 12.0 Å². The lowest BCUT2D eigenvalue weighted by atomic mass is 10.0. The van der Waals surface area contributed by atoms with E-state index in [1.54, 1.807) is 32.9 Å². The number of aliphatic hydroxyl groups is 1. The Balaban J connectivity index is 2.96. The third kappa shape index (κ3) is 14.0. The Morgan fingerprint density at radius 1 is 0.921 bits per heavy atom. The highest BCUT2D eigenvalue weighted by atomic mass is 16.6. The predicted octanol–water partition coefficient (Wildman–Crippen LogP) is 3.21. The molecule has 0 aliphatic rings. The molecule has 1 aromatic rings. The molecule has 214 valence electrons. The lowest BCUT2D eigenvalue weighted by Gasteiger charge is -2.26. The molecule has 0 bridgehead atoms. The van der Waals surface area contributed by atoms with Gasteiger partial charge in [-0.1, -0.05) is 57.5 Å². The van der Waals surface area contributed by atoms with Crippen LogP contribution in [-0.2, 0) is 30.5 Å². The van der Waals surface area contributed by atoms with Crippen LogP contribution in [0.25, 0.3) is 0 Å². The maximum atomic E-state index is 13.3. The van der Waals surface area contributed by atoms with E-state index in [1.165, 1.54) is 0 Å². The van der Waals surface area contributed by atoms with E-state index in [9.17, 15) is 24.3 Å². The van der Waals surface area contributed by atoms with Gasteiger partial charge in [0, 0.05) is 6.42 Å². The molecular formula is C28H45N3O7. The summed E-state index contributed by atoms with van der Waals surface area (Å²) < 4.78 is 10.6. The van der Waals surface area contributed by atoms with E-state index in [-0.39, 0.29) is 32.0 Å². The number of amides is 3. The first kappa shape index (κ1) is 32.9. The summed E-state index contributed by atoms with van der Waals surface area (Å²) in [4.78, 5) is 51.0. The van der Waals surface area contributed by atoms with Gasteiger partial charge in [-0.2, -0.15) is 0 Å². The SMILES string of the molecule is CCC[C@@H](CO)NC(=O)[C@H](CC(C)C)NC(=O)[C@H](CCC(=O)OC(C)(C)C)NC(=O)OCc1ccccc1. The summed E-state index contributed by atoms with van der Waals surface area (Å²) in [6.45, 7) is 10.8. The number of hydrogen-bond donors (Lipinski definition) is 4. The second kappa shape index (κ2) is 16.7. The van der Waals surface area contributed by atoms with Crippen molar-refractivity contribution in [1.82, 2.24) is 16.0 Å². The smallest absolute Gasteiger partial charge is 0.408 e. The van der Waals surface area contributed by atoms with E-state index >= 15 is 0 Å². The number of nitrogens with one attached hydrogen (secondary N) is 3. The number of ether oxygens (including phenoxy) is 2. The van der Waals surface area contributed by atoms with Crippen molar-refractivity contribution in [3.8, 4) is 0 Å². The molecule has 38 heavy (non-hydrogen) atoms. The monoisotopic (exact) mass is 535 g/mol. The molecule has 10 nitrogen and oxygen atoms in total. The van der Waals surface area contributed by atoms with Crippen molar-refractivity contribution in [2.24, 2.45) is 5.92 Å². The van der Waals surface area contributed by atoms with Gasteiger partial charge in [0.1, 0.15) is 24.3 Å². The number of alkyl carbamates (subject to hydrolysis) is 1. The van der Waals surface area contributed by atoms with Gasteiger partial charge in [-0.15, -0.1) is 0 Å². The minimum Gasteiger partial charge on any atom is -0.460 e.